The Balaban J connectivity index is 1.35. The molecule has 0 N–H and O–H groups in total. The molecule has 0 spiro atoms. The van der Waals surface area contributed by atoms with Crippen LogP contribution in [-0.4, -0.2) is 9.61 Å². The number of fused-ring (bicyclic) bond motifs is 3. The lowest BCUT2D eigenvalue weighted by atomic mass is 9.96. The molecule has 2 heterocycles. The first kappa shape index (κ1) is 29.4. The van der Waals surface area contributed by atoms with Crippen molar-refractivity contribution in [2.24, 2.45) is 0 Å². The van der Waals surface area contributed by atoms with E-state index < -0.39 is 0 Å². The zero-order valence-corrected chi connectivity index (χ0v) is 27.4. The topological polar surface area (TPSA) is 20.5 Å². The summed E-state index contributed by atoms with van der Waals surface area (Å²) in [6.07, 6.45) is 0. The molecule has 0 aliphatic carbocycles. The first-order valence-corrected chi connectivity index (χ1v) is 17.0. The fourth-order valence-electron chi connectivity index (χ4n) is 7.10. The van der Waals surface area contributed by atoms with Crippen LogP contribution in [0, 0.1) is 0 Å². The standard InChI is InChI=1S/C47H33N3/c1-6-18-34(19-7-1)41-28-16-17-29-43(41)49(39-26-14-5-15-27-39)40-30-31-42-38(32-40)33-44(35-20-8-2-9-21-35)50-47(42)45(36-22-10-3-11-23-36)46(48-50)37-24-12-4-13-25-37/h1-33H. The summed E-state index contributed by atoms with van der Waals surface area (Å²) in [6.45, 7) is 0. The van der Waals surface area contributed by atoms with Crippen LogP contribution in [0.4, 0.5) is 17.1 Å². The maximum absolute atomic E-state index is 5.39. The monoisotopic (exact) mass is 639 g/mol. The van der Waals surface area contributed by atoms with E-state index in [1.807, 2.05) is 0 Å². The van der Waals surface area contributed by atoms with E-state index in [2.05, 4.69) is 210 Å². The van der Waals surface area contributed by atoms with E-state index in [0.717, 1.165) is 67.0 Å². The van der Waals surface area contributed by atoms with Crippen molar-refractivity contribution in [3.63, 3.8) is 0 Å². The Morgan fingerprint density at radius 2 is 0.960 bits per heavy atom. The summed E-state index contributed by atoms with van der Waals surface area (Å²) in [4.78, 5) is 2.37. The number of rotatable bonds is 7. The van der Waals surface area contributed by atoms with Crippen molar-refractivity contribution in [3.05, 3.63) is 200 Å². The highest BCUT2D eigenvalue weighted by Crippen LogP contribution is 2.44. The van der Waals surface area contributed by atoms with E-state index in [1.165, 1.54) is 11.1 Å². The summed E-state index contributed by atoms with van der Waals surface area (Å²) in [7, 11) is 0. The van der Waals surface area contributed by atoms with E-state index in [9.17, 15) is 0 Å². The highest BCUT2D eigenvalue weighted by Gasteiger charge is 2.23. The molecule has 236 valence electrons. The molecule has 0 atom stereocenters. The van der Waals surface area contributed by atoms with Gasteiger partial charge in [0.15, 0.2) is 0 Å². The van der Waals surface area contributed by atoms with Crippen molar-refractivity contribution in [1.82, 2.24) is 9.61 Å². The molecule has 7 aromatic carbocycles. The Kier molecular flexibility index (Phi) is 7.49. The molecule has 0 amide bonds. The highest BCUT2D eigenvalue weighted by atomic mass is 15.2. The number of para-hydroxylation sites is 2. The van der Waals surface area contributed by atoms with Gasteiger partial charge < -0.3 is 4.90 Å². The average molecular weight is 640 g/mol. The number of hydrogen-bond acceptors (Lipinski definition) is 2. The molecule has 9 rings (SSSR count). The molecule has 0 saturated heterocycles. The second-order valence-electron chi connectivity index (χ2n) is 12.4. The third kappa shape index (κ3) is 5.22. The van der Waals surface area contributed by atoms with Crippen LogP contribution in [0.1, 0.15) is 0 Å². The lowest BCUT2D eigenvalue weighted by Crippen LogP contribution is -2.11. The second-order valence-corrected chi connectivity index (χ2v) is 12.4. The van der Waals surface area contributed by atoms with Crippen molar-refractivity contribution in [3.8, 4) is 44.8 Å². The molecular formula is C47H33N3. The minimum Gasteiger partial charge on any atom is -0.310 e. The molecule has 0 bridgehead atoms. The molecule has 3 nitrogen and oxygen atoms in total. The zero-order chi connectivity index (χ0) is 33.3. The third-order valence-corrected chi connectivity index (χ3v) is 9.38. The van der Waals surface area contributed by atoms with Gasteiger partial charge in [-0.1, -0.05) is 164 Å². The van der Waals surface area contributed by atoms with Crippen molar-refractivity contribution in [1.29, 1.82) is 0 Å². The molecule has 0 aliphatic rings. The van der Waals surface area contributed by atoms with E-state index in [1.54, 1.807) is 0 Å². The first-order valence-electron chi connectivity index (χ1n) is 17.0. The highest BCUT2D eigenvalue weighted by molar-refractivity contribution is 6.09. The van der Waals surface area contributed by atoms with Gasteiger partial charge in [-0.15, -0.1) is 0 Å². The van der Waals surface area contributed by atoms with Crippen LogP contribution in [0.5, 0.6) is 0 Å². The molecule has 2 aromatic heterocycles. The van der Waals surface area contributed by atoms with Gasteiger partial charge in [-0.05, 0) is 52.9 Å². The quantitative estimate of drug-likeness (QED) is 0.173. The minimum absolute atomic E-state index is 0.966. The SMILES string of the molecule is c1ccc(-c2ccccc2N(c2ccccc2)c2ccc3c(c2)cc(-c2ccccc2)n2nc(-c4ccccc4)c(-c4ccccc4)c32)cc1. The number of anilines is 3. The minimum atomic E-state index is 0.966. The predicted octanol–water partition coefficient (Wildman–Crippen LogP) is 12.6. The van der Waals surface area contributed by atoms with Crippen molar-refractivity contribution in [2.75, 3.05) is 4.90 Å². The molecule has 3 heteroatoms. The Hall–Kier alpha value is -6.71. The Bertz CT molecular complexity index is 2560. The first-order chi connectivity index (χ1) is 24.8. The maximum atomic E-state index is 5.39. The summed E-state index contributed by atoms with van der Waals surface area (Å²) < 4.78 is 2.15. The molecule has 50 heavy (non-hydrogen) atoms. The second kappa shape index (κ2) is 12.7. The van der Waals surface area contributed by atoms with Crippen LogP contribution in [0.3, 0.4) is 0 Å². The molecular weight excluding hydrogens is 607 g/mol. The Morgan fingerprint density at radius 1 is 0.420 bits per heavy atom. The third-order valence-electron chi connectivity index (χ3n) is 9.38. The van der Waals surface area contributed by atoms with Crippen molar-refractivity contribution in [2.45, 2.75) is 0 Å². The Labute approximate surface area is 292 Å². The van der Waals surface area contributed by atoms with Crippen molar-refractivity contribution >= 4 is 33.4 Å². The Morgan fingerprint density at radius 3 is 1.62 bits per heavy atom. The lowest BCUT2D eigenvalue weighted by molar-refractivity contribution is 0.979. The van der Waals surface area contributed by atoms with E-state index in [4.69, 9.17) is 5.10 Å². The van der Waals surface area contributed by atoms with Gasteiger partial charge in [0.25, 0.3) is 0 Å². The molecule has 0 radical (unpaired) electrons. The number of benzene rings is 7. The number of aromatic nitrogens is 2. The largest absolute Gasteiger partial charge is 0.310 e. The van der Waals surface area contributed by atoms with Gasteiger partial charge in [-0.25, -0.2) is 4.52 Å². The maximum Gasteiger partial charge on any atom is 0.101 e. The zero-order valence-electron chi connectivity index (χ0n) is 27.4. The summed E-state index contributed by atoms with van der Waals surface area (Å²) >= 11 is 0. The lowest BCUT2D eigenvalue weighted by Gasteiger charge is -2.28. The molecule has 0 saturated carbocycles. The molecule has 9 aromatic rings. The number of hydrogen-bond donors (Lipinski definition) is 0. The predicted molar refractivity (Wildman–Crippen MR) is 209 cm³/mol. The van der Waals surface area contributed by atoms with E-state index in [-0.39, 0.29) is 0 Å². The van der Waals surface area contributed by atoms with Gasteiger partial charge in [-0.3, -0.25) is 0 Å². The number of nitrogens with zero attached hydrogens (tertiary/aromatic N) is 3. The van der Waals surface area contributed by atoms with Gasteiger partial charge in [0.05, 0.1) is 16.9 Å². The van der Waals surface area contributed by atoms with E-state index >= 15 is 0 Å². The summed E-state index contributed by atoms with van der Waals surface area (Å²) in [6, 6.07) is 70.9. The van der Waals surface area contributed by atoms with Crippen LogP contribution in [-0.2, 0) is 0 Å². The van der Waals surface area contributed by atoms with Crippen LogP contribution < -0.4 is 4.90 Å². The fourth-order valence-corrected chi connectivity index (χ4v) is 7.10. The van der Waals surface area contributed by atoms with E-state index in [0.29, 0.717) is 0 Å². The van der Waals surface area contributed by atoms with Crippen LogP contribution in [0.2, 0.25) is 0 Å². The van der Waals surface area contributed by atoms with Crippen LogP contribution in [0.15, 0.2) is 200 Å². The molecule has 0 fully saturated rings. The van der Waals surface area contributed by atoms with Gasteiger partial charge in [0, 0.05) is 39.0 Å². The smallest absolute Gasteiger partial charge is 0.101 e. The average Bonchev–Trinajstić information content (AvgIpc) is 3.61. The van der Waals surface area contributed by atoms with Gasteiger partial charge in [0.1, 0.15) is 5.69 Å². The van der Waals surface area contributed by atoms with Gasteiger partial charge in [0.2, 0.25) is 0 Å². The summed E-state index contributed by atoms with van der Waals surface area (Å²) in [5, 5.41) is 7.68. The number of pyridine rings is 1. The normalized spacial score (nSPS) is 11.2. The summed E-state index contributed by atoms with van der Waals surface area (Å²) in [5.74, 6) is 0. The molecule has 0 aliphatic heterocycles. The van der Waals surface area contributed by atoms with Gasteiger partial charge >= 0.3 is 0 Å². The molecule has 0 unspecified atom stereocenters. The fraction of sp³-hybridized carbons (Fsp3) is 0. The van der Waals surface area contributed by atoms with Crippen molar-refractivity contribution < 1.29 is 0 Å². The summed E-state index contributed by atoms with van der Waals surface area (Å²) in [5.41, 5.74) is 13.2. The van der Waals surface area contributed by atoms with Gasteiger partial charge in [-0.2, -0.15) is 5.10 Å². The van der Waals surface area contributed by atoms with Crippen LogP contribution >= 0.6 is 0 Å². The van der Waals surface area contributed by atoms with Crippen LogP contribution in [0.25, 0.3) is 61.1 Å².